The highest BCUT2D eigenvalue weighted by Crippen LogP contribution is 2.21. The molecule has 1 aromatic heterocycles. The summed E-state index contributed by atoms with van der Waals surface area (Å²) in [6.45, 7) is 4.99. The maximum Gasteiger partial charge on any atom is 0.323 e. The van der Waals surface area contributed by atoms with Crippen molar-refractivity contribution in [3.05, 3.63) is 11.1 Å². The molecule has 1 aromatic rings. The number of aromatic nitrogens is 1. The molecule has 0 aliphatic carbocycles. The molecule has 0 aromatic carbocycles. The van der Waals surface area contributed by atoms with E-state index in [4.69, 9.17) is 0 Å². The Kier molecular flexibility index (Phi) is 3.28. The molecule has 3 amide bonds. The first-order chi connectivity index (χ1) is 8.08. The third kappa shape index (κ3) is 2.55. The van der Waals surface area contributed by atoms with Gasteiger partial charge in [0.2, 0.25) is 0 Å². The van der Waals surface area contributed by atoms with Crippen LogP contribution in [0.2, 0.25) is 0 Å². The van der Waals surface area contributed by atoms with E-state index in [1.807, 2.05) is 13.8 Å². The van der Waals surface area contributed by atoms with Crippen molar-refractivity contribution < 1.29 is 9.59 Å². The average molecular weight is 254 g/mol. The van der Waals surface area contributed by atoms with Gasteiger partial charge >= 0.3 is 6.03 Å². The zero-order valence-corrected chi connectivity index (χ0v) is 10.5. The number of carbonyl (C=O) groups is 2. The molecule has 7 heteroatoms. The van der Waals surface area contributed by atoms with Gasteiger partial charge in [-0.2, -0.15) is 0 Å². The molecule has 1 saturated heterocycles. The highest BCUT2D eigenvalue weighted by atomic mass is 32.1. The van der Waals surface area contributed by atoms with E-state index in [0.29, 0.717) is 23.9 Å². The van der Waals surface area contributed by atoms with Crippen LogP contribution in [0.3, 0.4) is 0 Å². The van der Waals surface area contributed by atoms with Gasteiger partial charge in [0, 0.05) is 24.5 Å². The van der Waals surface area contributed by atoms with Crippen molar-refractivity contribution in [2.45, 2.75) is 19.9 Å². The van der Waals surface area contributed by atoms with E-state index in [-0.39, 0.29) is 18.0 Å². The fourth-order valence-corrected chi connectivity index (χ4v) is 2.31. The Balaban J connectivity index is 2.10. The van der Waals surface area contributed by atoms with Crippen LogP contribution >= 0.6 is 11.3 Å². The molecule has 0 spiro atoms. The van der Waals surface area contributed by atoms with Crippen molar-refractivity contribution in [1.82, 2.24) is 15.6 Å². The molecule has 0 saturated carbocycles. The first-order valence-electron chi connectivity index (χ1n) is 5.39. The number of nitrogens with one attached hydrogen (secondary N) is 2. The molecule has 0 bridgehead atoms. The number of urea groups is 1. The molecule has 1 aliphatic rings. The number of amides is 3. The van der Waals surface area contributed by atoms with Crippen molar-refractivity contribution in [3.8, 4) is 0 Å². The van der Waals surface area contributed by atoms with Gasteiger partial charge in [-0.15, -0.1) is 11.3 Å². The minimum atomic E-state index is -0.206. The third-order valence-corrected chi connectivity index (χ3v) is 3.10. The first-order valence-corrected chi connectivity index (χ1v) is 6.27. The molecule has 17 heavy (non-hydrogen) atoms. The van der Waals surface area contributed by atoms with E-state index in [0.717, 1.165) is 0 Å². The lowest BCUT2D eigenvalue weighted by molar-refractivity contribution is 0.0939. The summed E-state index contributed by atoms with van der Waals surface area (Å²) in [6.07, 6.45) is 0. The Morgan fingerprint density at radius 3 is 3.00 bits per heavy atom. The predicted molar refractivity (Wildman–Crippen MR) is 65.5 cm³/mol. The van der Waals surface area contributed by atoms with Crippen LogP contribution in [0.1, 0.15) is 24.3 Å². The van der Waals surface area contributed by atoms with Crippen LogP contribution in [0.5, 0.6) is 0 Å². The molecule has 0 radical (unpaired) electrons. The van der Waals surface area contributed by atoms with Crippen molar-refractivity contribution in [3.63, 3.8) is 0 Å². The summed E-state index contributed by atoms with van der Waals surface area (Å²) in [5, 5.41) is 7.68. The number of hydrogen-bond acceptors (Lipinski definition) is 4. The second kappa shape index (κ2) is 4.70. The number of anilines is 1. The Morgan fingerprint density at radius 2 is 2.41 bits per heavy atom. The SMILES string of the molecule is CC(C)NC(=O)c1csc(N2CCNC2=O)n1. The first kappa shape index (κ1) is 11.8. The number of hydrogen-bond donors (Lipinski definition) is 2. The Bertz CT molecular complexity index is 443. The fraction of sp³-hybridized carbons (Fsp3) is 0.500. The van der Waals surface area contributed by atoms with Gasteiger partial charge in [0.25, 0.3) is 5.91 Å². The monoisotopic (exact) mass is 254 g/mol. The van der Waals surface area contributed by atoms with Gasteiger partial charge in [-0.25, -0.2) is 9.78 Å². The fourth-order valence-electron chi connectivity index (χ4n) is 1.48. The van der Waals surface area contributed by atoms with Crippen molar-refractivity contribution >= 4 is 28.4 Å². The number of thiazole rings is 1. The predicted octanol–water partition coefficient (Wildman–Crippen LogP) is 0.811. The molecule has 2 rings (SSSR count). The maximum atomic E-state index is 11.7. The summed E-state index contributed by atoms with van der Waals surface area (Å²) in [7, 11) is 0. The lowest BCUT2D eigenvalue weighted by Crippen LogP contribution is -2.31. The highest BCUT2D eigenvalue weighted by Gasteiger charge is 2.24. The normalized spacial score (nSPS) is 15.2. The van der Waals surface area contributed by atoms with Gasteiger partial charge in [0.1, 0.15) is 5.69 Å². The van der Waals surface area contributed by atoms with Gasteiger partial charge in [-0.3, -0.25) is 9.69 Å². The molecular formula is C10H14N4O2S. The summed E-state index contributed by atoms with van der Waals surface area (Å²) >= 11 is 1.30. The lowest BCUT2D eigenvalue weighted by atomic mass is 10.3. The van der Waals surface area contributed by atoms with Gasteiger partial charge in [-0.05, 0) is 13.8 Å². The second-order valence-corrected chi connectivity index (χ2v) is 4.86. The van der Waals surface area contributed by atoms with Crippen LogP contribution in [0.25, 0.3) is 0 Å². The Labute approximate surface area is 103 Å². The van der Waals surface area contributed by atoms with E-state index >= 15 is 0 Å². The number of rotatable bonds is 3. The maximum absolute atomic E-state index is 11.7. The van der Waals surface area contributed by atoms with E-state index < -0.39 is 0 Å². The molecule has 0 atom stereocenters. The van der Waals surface area contributed by atoms with Crippen LogP contribution in [-0.2, 0) is 0 Å². The standard InChI is InChI=1S/C10H14N4O2S/c1-6(2)12-8(15)7-5-17-10(13-7)14-4-3-11-9(14)16/h5-6H,3-4H2,1-2H3,(H,11,16)(H,12,15). The van der Waals surface area contributed by atoms with Crippen LogP contribution in [0.15, 0.2) is 5.38 Å². The molecule has 0 unspecified atom stereocenters. The van der Waals surface area contributed by atoms with E-state index in [9.17, 15) is 9.59 Å². The highest BCUT2D eigenvalue weighted by molar-refractivity contribution is 7.14. The van der Waals surface area contributed by atoms with Gasteiger partial charge in [0.15, 0.2) is 5.13 Å². The van der Waals surface area contributed by atoms with Crippen molar-refractivity contribution in [1.29, 1.82) is 0 Å². The van der Waals surface area contributed by atoms with Crippen LogP contribution < -0.4 is 15.5 Å². The molecule has 6 nitrogen and oxygen atoms in total. The quantitative estimate of drug-likeness (QED) is 0.838. The summed E-state index contributed by atoms with van der Waals surface area (Å²) in [5.41, 5.74) is 0.360. The van der Waals surface area contributed by atoms with E-state index in [1.54, 1.807) is 5.38 Å². The van der Waals surface area contributed by atoms with Crippen molar-refractivity contribution in [2.24, 2.45) is 0 Å². The largest absolute Gasteiger partial charge is 0.349 e. The zero-order chi connectivity index (χ0) is 12.4. The summed E-state index contributed by atoms with van der Waals surface area (Å²) < 4.78 is 0. The molecule has 92 valence electrons. The Morgan fingerprint density at radius 1 is 1.65 bits per heavy atom. The summed E-state index contributed by atoms with van der Waals surface area (Å²) in [5.74, 6) is -0.206. The molecule has 2 heterocycles. The number of carbonyl (C=O) groups excluding carboxylic acids is 2. The molecule has 1 aliphatic heterocycles. The summed E-state index contributed by atoms with van der Waals surface area (Å²) in [4.78, 5) is 28.8. The van der Waals surface area contributed by atoms with Crippen LogP contribution in [0.4, 0.5) is 9.93 Å². The average Bonchev–Trinajstić information content (AvgIpc) is 2.84. The van der Waals surface area contributed by atoms with Crippen LogP contribution in [-0.4, -0.2) is 36.1 Å². The topological polar surface area (TPSA) is 74.3 Å². The van der Waals surface area contributed by atoms with Crippen LogP contribution in [0, 0.1) is 0 Å². The Hall–Kier alpha value is -1.63. The third-order valence-electron chi connectivity index (χ3n) is 2.23. The minimum Gasteiger partial charge on any atom is -0.349 e. The molecule has 1 fully saturated rings. The van der Waals surface area contributed by atoms with Gasteiger partial charge in [0.05, 0.1) is 0 Å². The van der Waals surface area contributed by atoms with Gasteiger partial charge in [-0.1, -0.05) is 0 Å². The second-order valence-electron chi connectivity index (χ2n) is 4.03. The van der Waals surface area contributed by atoms with E-state index in [2.05, 4.69) is 15.6 Å². The van der Waals surface area contributed by atoms with E-state index in [1.165, 1.54) is 16.2 Å². The minimum absolute atomic E-state index is 0.0720. The zero-order valence-electron chi connectivity index (χ0n) is 9.69. The van der Waals surface area contributed by atoms with Gasteiger partial charge < -0.3 is 10.6 Å². The molecule has 2 N–H and O–H groups in total. The molecular weight excluding hydrogens is 240 g/mol. The lowest BCUT2D eigenvalue weighted by Gasteiger charge is -2.09. The number of nitrogens with zero attached hydrogens (tertiary/aromatic N) is 2. The smallest absolute Gasteiger partial charge is 0.323 e. The van der Waals surface area contributed by atoms with Crippen molar-refractivity contribution in [2.75, 3.05) is 18.0 Å². The summed E-state index contributed by atoms with van der Waals surface area (Å²) in [6, 6.07) is -0.0853.